The van der Waals surface area contributed by atoms with Crippen LogP contribution < -0.4 is 0 Å². The largest absolute Gasteiger partial charge is 0.347 e. The van der Waals surface area contributed by atoms with Crippen LogP contribution in [0.15, 0.2) is 23.8 Å². The lowest BCUT2D eigenvalue weighted by molar-refractivity contribution is -0.137. The third-order valence-electron chi connectivity index (χ3n) is 17.1. The van der Waals surface area contributed by atoms with Crippen molar-refractivity contribution in [3.8, 4) is 0 Å². The summed E-state index contributed by atoms with van der Waals surface area (Å²) in [6, 6.07) is 0. The molecular weight excluding hydrogens is 751 g/mol. The maximum Gasteiger partial charge on any atom is 0.180 e. The van der Waals surface area contributed by atoms with Gasteiger partial charge in [-0.15, -0.1) is 0 Å². The van der Waals surface area contributed by atoms with Gasteiger partial charge in [-0.25, -0.2) is 0 Å². The van der Waals surface area contributed by atoms with Crippen LogP contribution >= 0.6 is 10.6 Å². The van der Waals surface area contributed by atoms with E-state index in [4.69, 9.17) is 20.9 Å². The minimum Gasteiger partial charge on any atom is -0.347 e. The first-order valence-corrected chi connectivity index (χ1v) is 28.9. The monoisotopic (exact) mass is 853 g/mol. The maximum absolute atomic E-state index is 7.08. The molecule has 2 radical (unpaired) electrons. The molecule has 0 spiro atoms. The van der Waals surface area contributed by atoms with Crippen molar-refractivity contribution in [1.82, 2.24) is 0 Å². The molecule has 0 aromatic carbocycles. The molecule has 4 rings (SSSR count). The summed E-state index contributed by atoms with van der Waals surface area (Å²) in [5.41, 5.74) is 2.61. The molecular formula is C55H101BO3S. The van der Waals surface area contributed by atoms with E-state index in [-0.39, 0.29) is 12.4 Å². The molecule has 4 aliphatic carbocycles. The molecule has 0 saturated heterocycles. The summed E-state index contributed by atoms with van der Waals surface area (Å²) in [5.74, 6) is 6.13. The predicted molar refractivity (Wildman–Crippen MR) is 266 cm³/mol. The summed E-state index contributed by atoms with van der Waals surface area (Å²) in [4.78, 5) is 0. The fraction of sp³-hybridized carbons (Fsp3) is 0.927. The van der Waals surface area contributed by atoms with Crippen LogP contribution in [-0.4, -0.2) is 39.4 Å². The van der Waals surface area contributed by atoms with E-state index in [1.165, 1.54) is 154 Å². The Bertz CT molecular complexity index is 1220. The average molecular weight is 853 g/mol. The highest BCUT2D eigenvalue weighted by Crippen LogP contribution is 2.67. The molecule has 3 fully saturated rings. The molecule has 3 saturated carbocycles. The van der Waals surface area contributed by atoms with Crippen molar-refractivity contribution in [1.29, 1.82) is 0 Å². The van der Waals surface area contributed by atoms with Gasteiger partial charge in [-0.05, 0) is 149 Å². The fourth-order valence-corrected chi connectivity index (χ4v) is 14.5. The van der Waals surface area contributed by atoms with Crippen LogP contribution in [0, 0.1) is 52.3 Å². The average Bonchev–Trinajstić information content (AvgIpc) is 3.58. The normalized spacial score (nSPS) is 29.9. The van der Waals surface area contributed by atoms with Gasteiger partial charge in [0.2, 0.25) is 0 Å². The Labute approximate surface area is 378 Å². The topological polar surface area (TPSA) is 27.7 Å². The first-order valence-electron chi connectivity index (χ1n) is 26.6. The van der Waals surface area contributed by atoms with Crippen LogP contribution in [0.3, 0.4) is 0 Å². The number of fused-ring (bicyclic) bond motifs is 5. The molecule has 60 heavy (non-hydrogen) atoms. The lowest BCUT2D eigenvalue weighted by atomic mass is 9.47. The molecule has 4 aliphatic rings. The SMILES string of the molecule is [B]CCCCCCOS(C)(C)OC(CCCCCCC/C=C\CCCCCCCC)OC1CCC2(C)C(=CCC3C2CCC2(C)C(C(C)CCC(CC)C(C)C)CCC32)C1. The van der Waals surface area contributed by atoms with Gasteiger partial charge in [0.25, 0.3) is 0 Å². The van der Waals surface area contributed by atoms with Gasteiger partial charge in [0.05, 0.1) is 20.6 Å². The van der Waals surface area contributed by atoms with Gasteiger partial charge in [0.1, 0.15) is 0 Å². The molecule has 0 heterocycles. The molecule has 0 amide bonds. The molecule has 0 aromatic heterocycles. The van der Waals surface area contributed by atoms with E-state index in [0.717, 1.165) is 86.5 Å². The highest BCUT2D eigenvalue weighted by Gasteiger charge is 2.59. The van der Waals surface area contributed by atoms with Crippen LogP contribution in [0.1, 0.15) is 235 Å². The van der Waals surface area contributed by atoms with Gasteiger partial charge in [0.15, 0.2) is 6.29 Å². The Morgan fingerprint density at radius 2 is 1.42 bits per heavy atom. The van der Waals surface area contributed by atoms with Crippen molar-refractivity contribution in [2.45, 2.75) is 253 Å². The molecule has 10 atom stereocenters. The molecule has 10 unspecified atom stereocenters. The van der Waals surface area contributed by atoms with Crippen LogP contribution in [-0.2, 0) is 13.1 Å². The second-order valence-electron chi connectivity index (χ2n) is 22.0. The standard InChI is InChI=1S/C55H101BO3S/c1-10-12-13-14-15-16-17-18-19-20-21-22-23-24-27-30-53(59-60(8,9)57-42-29-26-25-28-41-56)58-48-37-39-54(6)47(43-48)33-34-49-51-36-35-50(55(51,7)40-38-52(49)54)45(5)31-32-46(11-2)44(3)4/h18-19,33,44-46,48-53H,10-17,20-32,34-43H2,1-9H3/b19-18-. The summed E-state index contributed by atoms with van der Waals surface area (Å²) < 4.78 is 20.4. The number of hydrogen-bond donors (Lipinski definition) is 0. The lowest BCUT2D eigenvalue weighted by Crippen LogP contribution is -2.51. The van der Waals surface area contributed by atoms with E-state index < -0.39 is 10.6 Å². The predicted octanol–water partition coefficient (Wildman–Crippen LogP) is 17.5. The summed E-state index contributed by atoms with van der Waals surface area (Å²) >= 11 is 0. The lowest BCUT2D eigenvalue weighted by Gasteiger charge is -2.58. The second-order valence-corrected chi connectivity index (χ2v) is 24.7. The molecule has 0 aliphatic heterocycles. The van der Waals surface area contributed by atoms with Crippen molar-refractivity contribution in [3.05, 3.63) is 23.8 Å². The van der Waals surface area contributed by atoms with Crippen LogP contribution in [0.4, 0.5) is 0 Å². The van der Waals surface area contributed by atoms with E-state index >= 15 is 0 Å². The van der Waals surface area contributed by atoms with E-state index in [0.29, 0.717) is 10.8 Å². The highest BCUT2D eigenvalue weighted by molar-refractivity contribution is 8.24. The Hall–Kier alpha value is -0.225. The van der Waals surface area contributed by atoms with Crippen molar-refractivity contribution < 1.29 is 13.1 Å². The van der Waals surface area contributed by atoms with Gasteiger partial charge in [0, 0.05) is 18.9 Å². The van der Waals surface area contributed by atoms with Crippen molar-refractivity contribution in [2.75, 3.05) is 19.1 Å². The Balaban J connectivity index is 1.28. The maximum atomic E-state index is 7.08. The molecule has 0 N–H and O–H groups in total. The summed E-state index contributed by atoms with van der Waals surface area (Å²) in [5, 5.41) is 0. The zero-order valence-corrected chi connectivity index (χ0v) is 42.4. The first-order chi connectivity index (χ1) is 28.9. The van der Waals surface area contributed by atoms with Crippen LogP contribution in [0.5, 0.6) is 0 Å². The number of unbranched alkanes of at least 4 members (excludes halogenated alkanes) is 14. The zero-order chi connectivity index (χ0) is 43.4. The van der Waals surface area contributed by atoms with E-state index in [1.54, 1.807) is 5.57 Å². The van der Waals surface area contributed by atoms with Gasteiger partial charge in [-0.3, -0.25) is 8.37 Å². The summed E-state index contributed by atoms with van der Waals surface area (Å²) in [6.45, 7) is 18.4. The quantitative estimate of drug-likeness (QED) is 0.0292. The number of allylic oxidation sites excluding steroid dienone is 3. The van der Waals surface area contributed by atoms with E-state index in [9.17, 15) is 0 Å². The van der Waals surface area contributed by atoms with Gasteiger partial charge in [-0.2, -0.15) is 10.6 Å². The minimum atomic E-state index is -1.66. The first kappa shape index (κ1) is 52.4. The molecule has 3 nitrogen and oxygen atoms in total. The minimum absolute atomic E-state index is 0.176. The van der Waals surface area contributed by atoms with Crippen molar-refractivity contribution in [3.63, 3.8) is 0 Å². The van der Waals surface area contributed by atoms with E-state index in [1.807, 2.05) is 0 Å². The van der Waals surface area contributed by atoms with Gasteiger partial charge < -0.3 is 4.74 Å². The fourth-order valence-electron chi connectivity index (χ4n) is 13.3. The van der Waals surface area contributed by atoms with E-state index in [2.05, 4.69) is 79.2 Å². The van der Waals surface area contributed by atoms with Gasteiger partial charge in [-0.1, -0.05) is 162 Å². The summed E-state index contributed by atoms with van der Waals surface area (Å²) in [6.07, 6.45) is 50.5. The number of rotatable bonds is 32. The van der Waals surface area contributed by atoms with Crippen molar-refractivity contribution in [2.24, 2.45) is 52.3 Å². The Morgan fingerprint density at radius 1 is 0.750 bits per heavy atom. The zero-order valence-electron chi connectivity index (χ0n) is 41.6. The third kappa shape index (κ3) is 16.0. The van der Waals surface area contributed by atoms with Crippen LogP contribution in [0.25, 0.3) is 0 Å². The molecule has 0 aromatic rings. The molecule has 348 valence electrons. The summed E-state index contributed by atoms with van der Waals surface area (Å²) in [7, 11) is 4.07. The number of ether oxygens (including phenoxy) is 1. The molecule has 5 heteroatoms. The van der Waals surface area contributed by atoms with Crippen molar-refractivity contribution >= 4 is 18.4 Å². The smallest absolute Gasteiger partial charge is 0.180 e. The van der Waals surface area contributed by atoms with Crippen LogP contribution in [0.2, 0.25) is 6.32 Å². The second kappa shape index (κ2) is 27.3. The Kier molecular flexibility index (Phi) is 23.8. The number of hydrogen-bond acceptors (Lipinski definition) is 3. The molecule has 0 bridgehead atoms. The van der Waals surface area contributed by atoms with Gasteiger partial charge >= 0.3 is 0 Å². The Morgan fingerprint density at radius 3 is 2.10 bits per heavy atom. The third-order valence-corrected chi connectivity index (χ3v) is 18.5. The highest BCUT2D eigenvalue weighted by atomic mass is 32.3.